The van der Waals surface area contributed by atoms with Gasteiger partial charge in [0, 0.05) is 5.69 Å². The molecule has 7 nitrogen and oxygen atoms in total. The topological polar surface area (TPSA) is 97.6 Å². The minimum Gasteiger partial charge on any atom is -0.459 e. The van der Waals surface area contributed by atoms with Gasteiger partial charge in [0.1, 0.15) is 5.82 Å². The van der Waals surface area contributed by atoms with E-state index in [-0.39, 0.29) is 17.1 Å². The lowest BCUT2D eigenvalue weighted by Gasteiger charge is -2.18. The van der Waals surface area contributed by atoms with E-state index in [0.29, 0.717) is 11.3 Å². The zero-order valence-corrected chi connectivity index (χ0v) is 17.8. The maximum Gasteiger partial charge on any atom is 0.338 e. The number of benzene rings is 2. The van der Waals surface area contributed by atoms with E-state index >= 15 is 0 Å². The van der Waals surface area contributed by atoms with E-state index < -0.39 is 29.9 Å². The number of anilines is 1. The van der Waals surface area contributed by atoms with E-state index in [9.17, 15) is 18.8 Å². The standard InChI is InChI=1S/C24H23FN2O5/c1-14-6-7-18(13-20(14)27-23(29)21-5-4-12-31-21)24(30)32-16(3)22(28)26-15(2)17-8-10-19(25)11-9-17/h4-13,15-16H,1-3H3,(H,26,28)(H,27,29)/t15-,16-/m1/s1. The Bertz CT molecular complexity index is 1110. The number of carbonyl (C=O) groups excluding carboxylic acids is 3. The van der Waals surface area contributed by atoms with Gasteiger partial charge in [0.25, 0.3) is 11.8 Å². The predicted octanol–water partition coefficient (Wildman–Crippen LogP) is 4.40. The van der Waals surface area contributed by atoms with Crippen LogP contribution in [0, 0.1) is 12.7 Å². The SMILES string of the molecule is Cc1ccc(C(=O)O[C@H](C)C(=O)N[C@H](C)c2ccc(F)cc2)cc1NC(=O)c1ccco1. The largest absolute Gasteiger partial charge is 0.459 e. The Hall–Kier alpha value is -3.94. The highest BCUT2D eigenvalue weighted by atomic mass is 19.1. The number of aryl methyl sites for hydroxylation is 1. The zero-order valence-electron chi connectivity index (χ0n) is 17.8. The number of nitrogens with one attached hydrogen (secondary N) is 2. The van der Waals surface area contributed by atoms with Crippen LogP contribution in [0.1, 0.15) is 51.9 Å². The van der Waals surface area contributed by atoms with E-state index in [4.69, 9.17) is 9.15 Å². The highest BCUT2D eigenvalue weighted by molar-refractivity contribution is 6.03. The lowest BCUT2D eigenvalue weighted by atomic mass is 10.1. The van der Waals surface area contributed by atoms with Gasteiger partial charge in [-0.1, -0.05) is 18.2 Å². The Morgan fingerprint density at radius 3 is 2.41 bits per heavy atom. The molecule has 8 heteroatoms. The summed E-state index contributed by atoms with van der Waals surface area (Å²) in [5.74, 6) is -1.89. The number of esters is 1. The second-order valence-electron chi connectivity index (χ2n) is 7.29. The molecule has 0 aliphatic heterocycles. The zero-order chi connectivity index (χ0) is 23.3. The second kappa shape index (κ2) is 9.91. The molecule has 0 aliphatic rings. The lowest BCUT2D eigenvalue weighted by molar-refractivity contribution is -0.129. The summed E-state index contributed by atoms with van der Waals surface area (Å²) in [6.07, 6.45) is 0.326. The summed E-state index contributed by atoms with van der Waals surface area (Å²) >= 11 is 0. The van der Waals surface area contributed by atoms with Crippen molar-refractivity contribution >= 4 is 23.5 Å². The summed E-state index contributed by atoms with van der Waals surface area (Å²) in [5.41, 5.74) is 2.05. The maximum absolute atomic E-state index is 13.1. The van der Waals surface area contributed by atoms with Crippen molar-refractivity contribution in [3.8, 4) is 0 Å². The van der Waals surface area contributed by atoms with Gasteiger partial charge in [-0.3, -0.25) is 9.59 Å². The highest BCUT2D eigenvalue weighted by Crippen LogP contribution is 2.20. The molecular formula is C24H23FN2O5. The third-order valence-corrected chi connectivity index (χ3v) is 4.85. The molecule has 2 N–H and O–H groups in total. The Kier molecular flexibility index (Phi) is 7.04. The summed E-state index contributed by atoms with van der Waals surface area (Å²) in [6, 6.07) is 13.2. The summed E-state index contributed by atoms with van der Waals surface area (Å²) in [6.45, 7) is 4.98. The molecule has 0 fully saturated rings. The minimum absolute atomic E-state index is 0.137. The number of hydrogen-bond donors (Lipinski definition) is 2. The molecule has 0 saturated heterocycles. The summed E-state index contributed by atoms with van der Waals surface area (Å²) in [5, 5.41) is 5.41. The van der Waals surface area contributed by atoms with E-state index in [1.54, 1.807) is 44.2 Å². The van der Waals surface area contributed by atoms with Crippen LogP contribution in [0.15, 0.2) is 65.3 Å². The van der Waals surface area contributed by atoms with Crippen molar-refractivity contribution in [2.45, 2.75) is 32.9 Å². The number of rotatable bonds is 7. The quantitative estimate of drug-likeness (QED) is 0.533. The van der Waals surface area contributed by atoms with Crippen LogP contribution in [0.3, 0.4) is 0 Å². The minimum atomic E-state index is -1.06. The Labute approximate surface area is 184 Å². The van der Waals surface area contributed by atoms with Crippen LogP contribution in [0.5, 0.6) is 0 Å². The van der Waals surface area contributed by atoms with Crippen molar-refractivity contribution in [2.24, 2.45) is 0 Å². The average Bonchev–Trinajstić information content (AvgIpc) is 3.30. The summed E-state index contributed by atoms with van der Waals surface area (Å²) in [7, 11) is 0. The molecule has 1 aromatic heterocycles. The van der Waals surface area contributed by atoms with Gasteiger partial charge in [0.15, 0.2) is 11.9 Å². The molecule has 0 bridgehead atoms. The smallest absolute Gasteiger partial charge is 0.338 e. The van der Waals surface area contributed by atoms with Gasteiger partial charge in [-0.15, -0.1) is 0 Å². The average molecular weight is 438 g/mol. The van der Waals surface area contributed by atoms with Crippen LogP contribution >= 0.6 is 0 Å². The van der Waals surface area contributed by atoms with E-state index in [0.717, 1.165) is 5.56 Å². The maximum atomic E-state index is 13.1. The molecule has 166 valence electrons. The summed E-state index contributed by atoms with van der Waals surface area (Å²) < 4.78 is 23.4. The number of halogens is 1. The van der Waals surface area contributed by atoms with Gasteiger partial charge in [0.2, 0.25) is 0 Å². The van der Waals surface area contributed by atoms with Crippen LogP contribution in [0.4, 0.5) is 10.1 Å². The van der Waals surface area contributed by atoms with Crippen LogP contribution in [0.2, 0.25) is 0 Å². The molecule has 0 unspecified atom stereocenters. The van der Waals surface area contributed by atoms with E-state index in [2.05, 4.69) is 10.6 Å². The van der Waals surface area contributed by atoms with Crippen LogP contribution in [-0.2, 0) is 9.53 Å². The van der Waals surface area contributed by atoms with E-state index in [1.165, 1.54) is 37.5 Å². The van der Waals surface area contributed by atoms with E-state index in [1.807, 2.05) is 0 Å². The van der Waals surface area contributed by atoms with Gasteiger partial charge < -0.3 is 19.8 Å². The van der Waals surface area contributed by atoms with Crippen molar-refractivity contribution in [2.75, 3.05) is 5.32 Å². The first kappa shape index (κ1) is 22.7. The Morgan fingerprint density at radius 2 is 1.75 bits per heavy atom. The number of carbonyl (C=O) groups is 3. The monoisotopic (exact) mass is 438 g/mol. The molecule has 3 rings (SSSR count). The van der Waals surface area contributed by atoms with Gasteiger partial charge in [-0.25, -0.2) is 9.18 Å². The Morgan fingerprint density at radius 1 is 1.03 bits per heavy atom. The number of furan rings is 1. The third-order valence-electron chi connectivity index (χ3n) is 4.85. The van der Waals surface area contributed by atoms with Crippen LogP contribution in [-0.4, -0.2) is 23.9 Å². The number of ether oxygens (including phenoxy) is 1. The molecule has 2 aromatic carbocycles. The number of hydrogen-bond acceptors (Lipinski definition) is 5. The molecule has 0 spiro atoms. The fraction of sp³-hybridized carbons (Fsp3) is 0.208. The van der Waals surface area contributed by atoms with Gasteiger partial charge in [0.05, 0.1) is 17.9 Å². The summed E-state index contributed by atoms with van der Waals surface area (Å²) in [4.78, 5) is 37.2. The van der Waals surface area contributed by atoms with Crippen LogP contribution < -0.4 is 10.6 Å². The van der Waals surface area contributed by atoms with Crippen molar-refractivity contribution in [1.82, 2.24) is 5.32 Å². The van der Waals surface area contributed by atoms with Crippen molar-refractivity contribution < 1.29 is 27.9 Å². The predicted molar refractivity (Wildman–Crippen MR) is 116 cm³/mol. The van der Waals surface area contributed by atoms with Gasteiger partial charge in [-0.2, -0.15) is 0 Å². The first-order valence-corrected chi connectivity index (χ1v) is 9.97. The molecule has 2 atom stereocenters. The Balaban J connectivity index is 1.62. The molecule has 0 aliphatic carbocycles. The van der Waals surface area contributed by atoms with Gasteiger partial charge in [-0.05, 0) is 68.3 Å². The number of amides is 2. The van der Waals surface area contributed by atoms with Crippen molar-refractivity contribution in [1.29, 1.82) is 0 Å². The fourth-order valence-electron chi connectivity index (χ4n) is 2.92. The normalized spacial score (nSPS) is 12.5. The second-order valence-corrected chi connectivity index (χ2v) is 7.29. The third kappa shape index (κ3) is 5.60. The first-order chi connectivity index (χ1) is 15.2. The molecule has 2 amide bonds. The molecule has 32 heavy (non-hydrogen) atoms. The lowest BCUT2D eigenvalue weighted by Crippen LogP contribution is -2.37. The molecular weight excluding hydrogens is 415 g/mol. The fourth-order valence-corrected chi connectivity index (χ4v) is 2.92. The molecule has 0 radical (unpaired) electrons. The van der Waals surface area contributed by atoms with Gasteiger partial charge >= 0.3 is 5.97 Å². The molecule has 3 aromatic rings. The first-order valence-electron chi connectivity index (χ1n) is 9.97. The van der Waals surface area contributed by atoms with Crippen molar-refractivity contribution in [3.63, 3.8) is 0 Å². The van der Waals surface area contributed by atoms with Crippen molar-refractivity contribution in [3.05, 3.63) is 89.1 Å². The molecule has 0 saturated carbocycles. The van der Waals surface area contributed by atoms with Crippen LogP contribution in [0.25, 0.3) is 0 Å². The highest BCUT2D eigenvalue weighted by Gasteiger charge is 2.22. The molecule has 1 heterocycles.